The Hall–Kier alpha value is -1.20. The molecular formula is C23H31ClN2OS. The standard InChI is InChI=1S/C23H30N2OS.ClH/c1-23(2)15-19-14-20(27-3)13-18(22(19)26-23)12-17-10-7-11-25(24)21(17)16-8-5-4-6-9-16;/h4-6,8-9,13-14,17,21H,7,10-12,15,24H2,1-3H3;1H/t17-,21+;/m0./s1. The lowest BCUT2D eigenvalue weighted by molar-refractivity contribution is 0.0909. The second kappa shape index (κ2) is 8.66. The maximum absolute atomic E-state index is 6.46. The monoisotopic (exact) mass is 418 g/mol. The van der Waals surface area contributed by atoms with Crippen LogP contribution < -0.4 is 10.6 Å². The minimum Gasteiger partial charge on any atom is -0.487 e. The van der Waals surface area contributed by atoms with Crippen LogP contribution in [-0.4, -0.2) is 23.4 Å². The molecule has 0 amide bonds. The Morgan fingerprint density at radius 1 is 1.21 bits per heavy atom. The van der Waals surface area contributed by atoms with Gasteiger partial charge in [0.25, 0.3) is 0 Å². The lowest BCUT2D eigenvalue weighted by atomic mass is 9.81. The van der Waals surface area contributed by atoms with E-state index in [0.717, 1.165) is 31.6 Å². The van der Waals surface area contributed by atoms with Gasteiger partial charge in [0.1, 0.15) is 11.4 Å². The molecule has 0 aromatic heterocycles. The number of hydrogen-bond acceptors (Lipinski definition) is 4. The first-order valence-electron chi connectivity index (χ1n) is 9.92. The fourth-order valence-corrected chi connectivity index (χ4v) is 5.26. The summed E-state index contributed by atoms with van der Waals surface area (Å²) >= 11 is 1.82. The average Bonchev–Trinajstić information content (AvgIpc) is 2.96. The SMILES string of the molecule is CSc1cc(C[C@@H]2CCCN(N)[C@@H]2c2ccccc2)c2c(c1)CC(C)(C)O2.Cl. The van der Waals surface area contributed by atoms with Crippen LogP contribution in [0.2, 0.25) is 0 Å². The van der Waals surface area contributed by atoms with Crippen molar-refractivity contribution in [2.24, 2.45) is 11.8 Å². The lowest BCUT2D eigenvalue weighted by Crippen LogP contribution is -2.44. The molecule has 3 nitrogen and oxygen atoms in total. The van der Waals surface area contributed by atoms with Crippen LogP contribution in [-0.2, 0) is 12.8 Å². The van der Waals surface area contributed by atoms with Crippen LogP contribution in [0.15, 0.2) is 47.4 Å². The van der Waals surface area contributed by atoms with Gasteiger partial charge in [-0.05, 0) is 74.1 Å². The van der Waals surface area contributed by atoms with E-state index in [1.165, 1.54) is 28.0 Å². The number of nitrogens with two attached hydrogens (primary N) is 1. The number of fused-ring (bicyclic) bond motifs is 1. The van der Waals surface area contributed by atoms with E-state index in [4.69, 9.17) is 10.6 Å². The van der Waals surface area contributed by atoms with E-state index in [1.807, 2.05) is 16.8 Å². The number of nitrogens with zero attached hydrogens (tertiary/aromatic N) is 1. The van der Waals surface area contributed by atoms with E-state index in [-0.39, 0.29) is 24.0 Å². The van der Waals surface area contributed by atoms with Crippen LogP contribution in [0, 0.1) is 5.92 Å². The Labute approximate surface area is 179 Å². The fourth-order valence-electron chi connectivity index (χ4n) is 4.74. The third-order valence-electron chi connectivity index (χ3n) is 5.86. The minimum absolute atomic E-state index is 0. The van der Waals surface area contributed by atoms with Gasteiger partial charge in [0.05, 0.1) is 6.04 Å². The summed E-state index contributed by atoms with van der Waals surface area (Å²) in [4.78, 5) is 1.33. The number of thioether (sulfide) groups is 1. The molecule has 2 aromatic carbocycles. The first-order valence-corrected chi connectivity index (χ1v) is 11.1. The second-order valence-electron chi connectivity index (χ2n) is 8.51. The third kappa shape index (κ3) is 4.35. The Kier molecular flexibility index (Phi) is 6.65. The molecule has 4 rings (SSSR count). The topological polar surface area (TPSA) is 38.5 Å². The van der Waals surface area contributed by atoms with E-state index in [0.29, 0.717) is 5.92 Å². The summed E-state index contributed by atoms with van der Waals surface area (Å²) in [5, 5.41) is 2.05. The Morgan fingerprint density at radius 3 is 2.68 bits per heavy atom. The summed E-state index contributed by atoms with van der Waals surface area (Å²) in [6, 6.07) is 15.6. The highest BCUT2D eigenvalue weighted by molar-refractivity contribution is 7.98. The Balaban J connectivity index is 0.00000225. The van der Waals surface area contributed by atoms with Crippen LogP contribution in [0.25, 0.3) is 0 Å². The second-order valence-corrected chi connectivity index (χ2v) is 9.39. The smallest absolute Gasteiger partial charge is 0.126 e. The number of benzene rings is 2. The molecule has 0 radical (unpaired) electrons. The molecule has 2 N–H and O–H groups in total. The minimum atomic E-state index is -0.112. The van der Waals surface area contributed by atoms with Crippen molar-refractivity contribution in [3.8, 4) is 5.75 Å². The number of piperidine rings is 1. The normalized spacial score (nSPS) is 23.6. The van der Waals surface area contributed by atoms with E-state index in [1.54, 1.807) is 0 Å². The largest absolute Gasteiger partial charge is 0.487 e. The van der Waals surface area contributed by atoms with Crippen molar-refractivity contribution in [2.75, 3.05) is 12.8 Å². The summed E-state index contributed by atoms with van der Waals surface area (Å²) in [6.45, 7) is 5.33. The molecule has 1 fully saturated rings. The van der Waals surface area contributed by atoms with Gasteiger partial charge in [-0.25, -0.2) is 5.01 Å². The number of ether oxygens (including phenoxy) is 1. The van der Waals surface area contributed by atoms with Gasteiger partial charge in [-0.15, -0.1) is 24.2 Å². The van der Waals surface area contributed by atoms with E-state index in [9.17, 15) is 0 Å². The molecule has 28 heavy (non-hydrogen) atoms. The zero-order valence-corrected chi connectivity index (χ0v) is 18.6. The van der Waals surface area contributed by atoms with Crippen molar-refractivity contribution in [3.63, 3.8) is 0 Å². The molecule has 2 heterocycles. The summed E-state index contributed by atoms with van der Waals surface area (Å²) in [6.07, 6.45) is 6.51. The van der Waals surface area contributed by atoms with E-state index >= 15 is 0 Å². The number of hydrogen-bond donors (Lipinski definition) is 1. The quantitative estimate of drug-likeness (QED) is 0.532. The van der Waals surface area contributed by atoms with Crippen molar-refractivity contribution in [3.05, 3.63) is 59.2 Å². The average molecular weight is 419 g/mol. The van der Waals surface area contributed by atoms with Gasteiger partial charge in [-0.2, -0.15) is 0 Å². The first-order chi connectivity index (χ1) is 13.0. The number of rotatable bonds is 4. The molecule has 152 valence electrons. The van der Waals surface area contributed by atoms with Crippen LogP contribution >= 0.6 is 24.2 Å². The molecule has 0 bridgehead atoms. The summed E-state index contributed by atoms with van der Waals surface area (Å²) in [5.74, 6) is 8.09. The predicted molar refractivity (Wildman–Crippen MR) is 120 cm³/mol. The highest BCUT2D eigenvalue weighted by atomic mass is 35.5. The van der Waals surface area contributed by atoms with Gasteiger partial charge in [-0.3, -0.25) is 5.84 Å². The highest BCUT2D eigenvalue weighted by Gasteiger charge is 2.35. The van der Waals surface area contributed by atoms with Crippen LogP contribution in [0.1, 0.15) is 49.4 Å². The maximum Gasteiger partial charge on any atom is 0.126 e. The molecule has 0 aliphatic carbocycles. The highest BCUT2D eigenvalue weighted by Crippen LogP contribution is 2.44. The third-order valence-corrected chi connectivity index (χ3v) is 6.57. The molecular weight excluding hydrogens is 388 g/mol. The number of hydrazine groups is 1. The predicted octanol–water partition coefficient (Wildman–Crippen LogP) is 5.41. The molecule has 5 heteroatoms. The zero-order valence-electron chi connectivity index (χ0n) is 17.0. The van der Waals surface area contributed by atoms with Crippen LogP contribution in [0.5, 0.6) is 5.75 Å². The molecule has 0 unspecified atom stereocenters. The summed E-state index contributed by atoms with van der Waals surface area (Å²) < 4.78 is 6.38. The van der Waals surface area contributed by atoms with Crippen molar-refractivity contribution in [1.29, 1.82) is 0 Å². The van der Waals surface area contributed by atoms with E-state index in [2.05, 4.69) is 62.6 Å². The van der Waals surface area contributed by atoms with Gasteiger partial charge in [-0.1, -0.05) is 30.3 Å². The van der Waals surface area contributed by atoms with Crippen molar-refractivity contribution in [2.45, 2.75) is 56.1 Å². The van der Waals surface area contributed by atoms with Crippen molar-refractivity contribution < 1.29 is 4.74 Å². The molecule has 2 atom stereocenters. The van der Waals surface area contributed by atoms with Gasteiger partial charge in [0, 0.05) is 17.9 Å². The van der Waals surface area contributed by atoms with Gasteiger partial charge in [0.15, 0.2) is 0 Å². The zero-order chi connectivity index (χ0) is 19.0. The van der Waals surface area contributed by atoms with E-state index < -0.39 is 0 Å². The van der Waals surface area contributed by atoms with Crippen molar-refractivity contribution >= 4 is 24.2 Å². The van der Waals surface area contributed by atoms with Gasteiger partial charge < -0.3 is 4.74 Å². The fraction of sp³-hybridized carbons (Fsp3) is 0.478. The Morgan fingerprint density at radius 2 is 1.96 bits per heavy atom. The van der Waals surface area contributed by atoms with Gasteiger partial charge in [0.2, 0.25) is 0 Å². The summed E-state index contributed by atoms with van der Waals surface area (Å²) in [7, 11) is 0. The molecule has 1 saturated heterocycles. The lowest BCUT2D eigenvalue weighted by Gasteiger charge is -2.39. The van der Waals surface area contributed by atoms with Gasteiger partial charge >= 0.3 is 0 Å². The Bertz CT molecular complexity index is 812. The molecule has 2 aliphatic heterocycles. The molecule has 2 aliphatic rings. The maximum atomic E-state index is 6.46. The molecule has 0 saturated carbocycles. The molecule has 0 spiro atoms. The van der Waals surface area contributed by atoms with Crippen LogP contribution in [0.3, 0.4) is 0 Å². The molecule has 2 aromatic rings. The van der Waals surface area contributed by atoms with Crippen molar-refractivity contribution in [1.82, 2.24) is 5.01 Å². The number of halogens is 1. The van der Waals surface area contributed by atoms with Crippen LogP contribution in [0.4, 0.5) is 0 Å². The summed E-state index contributed by atoms with van der Waals surface area (Å²) in [5.41, 5.74) is 3.92. The first kappa shape index (κ1) is 21.5.